The number of aromatic nitrogens is 1. The lowest BCUT2D eigenvalue weighted by Crippen LogP contribution is -2.17. The Hall–Kier alpha value is -3.75. The Morgan fingerprint density at radius 2 is 1.82 bits per heavy atom. The maximum absolute atomic E-state index is 12.4. The van der Waals surface area contributed by atoms with Gasteiger partial charge in [0.15, 0.2) is 5.78 Å². The molecule has 1 aliphatic rings. The monoisotopic (exact) mass is 384 g/mol. The van der Waals surface area contributed by atoms with Crippen LogP contribution in [0.3, 0.4) is 0 Å². The van der Waals surface area contributed by atoms with Crippen LogP contribution in [-0.2, 0) is 18.4 Å². The van der Waals surface area contributed by atoms with Gasteiger partial charge in [-0.15, -0.1) is 0 Å². The largest absolute Gasteiger partial charge is 0.514 e. The van der Waals surface area contributed by atoms with Gasteiger partial charge in [-0.1, -0.05) is 0 Å². The molecule has 0 aliphatic heterocycles. The zero-order valence-corrected chi connectivity index (χ0v) is 15.3. The summed E-state index contributed by atoms with van der Waals surface area (Å²) in [5, 5.41) is 10.6. The van der Waals surface area contributed by atoms with Gasteiger partial charge in [0, 0.05) is 24.8 Å². The fraction of sp³-hybridized carbons (Fsp3) is 0.211. The highest BCUT2D eigenvalue weighted by Gasteiger charge is 2.31. The molecule has 0 saturated heterocycles. The predicted molar refractivity (Wildman–Crippen MR) is 96.5 cm³/mol. The molecule has 0 unspecified atom stereocenters. The van der Waals surface area contributed by atoms with Gasteiger partial charge < -0.3 is 14.0 Å². The molecule has 28 heavy (non-hydrogen) atoms. The molecule has 0 radical (unpaired) electrons. The molecular formula is C19H16N2O7. The Bertz CT molecular complexity index is 1050. The van der Waals surface area contributed by atoms with Crippen molar-refractivity contribution in [1.29, 1.82) is 0 Å². The number of ketones is 2. The van der Waals surface area contributed by atoms with Crippen molar-refractivity contribution in [2.24, 2.45) is 7.05 Å². The number of ether oxygens (including phenoxy) is 2. The number of carbonyl (C=O) groups is 3. The molecular weight excluding hydrogens is 368 g/mol. The molecule has 0 N–H and O–H groups in total. The summed E-state index contributed by atoms with van der Waals surface area (Å²) in [6.07, 6.45) is 0.275. The number of carbonyl (C=O) groups excluding carboxylic acids is 3. The molecule has 1 aliphatic carbocycles. The van der Waals surface area contributed by atoms with E-state index in [1.807, 2.05) is 0 Å². The van der Waals surface area contributed by atoms with Gasteiger partial charge in [-0.2, -0.15) is 0 Å². The van der Waals surface area contributed by atoms with Crippen molar-refractivity contribution in [2.45, 2.75) is 20.5 Å². The third-order valence-electron chi connectivity index (χ3n) is 4.53. The molecule has 0 atom stereocenters. The summed E-state index contributed by atoms with van der Waals surface area (Å²) >= 11 is 0. The Morgan fingerprint density at radius 3 is 2.43 bits per heavy atom. The predicted octanol–water partition coefficient (Wildman–Crippen LogP) is 3.28. The zero-order chi connectivity index (χ0) is 20.6. The van der Waals surface area contributed by atoms with Crippen LogP contribution in [0.25, 0.3) is 0 Å². The maximum atomic E-state index is 12.4. The fourth-order valence-electron chi connectivity index (χ4n) is 3.06. The lowest BCUT2D eigenvalue weighted by Gasteiger charge is -2.10. The van der Waals surface area contributed by atoms with E-state index in [0.717, 1.165) is 0 Å². The van der Waals surface area contributed by atoms with E-state index in [9.17, 15) is 24.5 Å². The smallest absolute Gasteiger partial charge is 0.428 e. The van der Waals surface area contributed by atoms with Crippen LogP contribution in [-0.4, -0.2) is 27.2 Å². The van der Waals surface area contributed by atoms with Gasteiger partial charge in [-0.3, -0.25) is 19.7 Å². The quantitative estimate of drug-likeness (QED) is 0.343. The van der Waals surface area contributed by atoms with Crippen molar-refractivity contribution in [1.82, 2.24) is 4.57 Å². The highest BCUT2D eigenvalue weighted by atomic mass is 16.7. The van der Waals surface area contributed by atoms with E-state index in [1.54, 1.807) is 20.9 Å². The molecule has 1 aromatic heterocycles. The molecule has 2 aromatic rings. The Morgan fingerprint density at radius 1 is 1.18 bits per heavy atom. The summed E-state index contributed by atoms with van der Waals surface area (Å²) in [6, 6.07) is 4.95. The topological polar surface area (TPSA) is 118 Å². The molecule has 0 spiro atoms. The number of nitro groups is 1. The first-order valence-electron chi connectivity index (χ1n) is 8.25. The fourth-order valence-corrected chi connectivity index (χ4v) is 3.06. The molecule has 3 rings (SSSR count). The van der Waals surface area contributed by atoms with E-state index in [0.29, 0.717) is 22.4 Å². The number of allylic oxidation sites excluding steroid dienone is 2. The van der Waals surface area contributed by atoms with Crippen LogP contribution in [0.5, 0.6) is 5.75 Å². The van der Waals surface area contributed by atoms with Crippen LogP contribution in [0, 0.1) is 17.0 Å². The molecule has 144 valence electrons. The summed E-state index contributed by atoms with van der Waals surface area (Å²) in [5.41, 5.74) is 1.85. The number of hydrogen-bond donors (Lipinski definition) is 0. The van der Waals surface area contributed by atoms with E-state index in [1.165, 1.54) is 34.9 Å². The van der Waals surface area contributed by atoms with Crippen LogP contribution in [0.15, 0.2) is 35.9 Å². The lowest BCUT2D eigenvalue weighted by atomic mass is 9.93. The minimum atomic E-state index is -1.01. The van der Waals surface area contributed by atoms with Crippen LogP contribution >= 0.6 is 0 Å². The Labute approximate surface area is 159 Å². The van der Waals surface area contributed by atoms with Gasteiger partial charge in [0.1, 0.15) is 18.1 Å². The normalized spacial score (nSPS) is 13.0. The van der Waals surface area contributed by atoms with Gasteiger partial charge in [0.25, 0.3) is 5.69 Å². The zero-order valence-electron chi connectivity index (χ0n) is 15.3. The third kappa shape index (κ3) is 3.29. The summed E-state index contributed by atoms with van der Waals surface area (Å²) in [6.45, 7) is 3.05. The van der Waals surface area contributed by atoms with Crippen molar-refractivity contribution in [3.05, 3.63) is 68.5 Å². The lowest BCUT2D eigenvalue weighted by molar-refractivity contribution is -0.384. The summed E-state index contributed by atoms with van der Waals surface area (Å²) in [4.78, 5) is 46.6. The van der Waals surface area contributed by atoms with Crippen molar-refractivity contribution in [3.8, 4) is 5.75 Å². The maximum Gasteiger partial charge on any atom is 0.514 e. The van der Waals surface area contributed by atoms with E-state index in [-0.39, 0.29) is 35.3 Å². The van der Waals surface area contributed by atoms with Crippen LogP contribution < -0.4 is 4.74 Å². The van der Waals surface area contributed by atoms with Crippen LogP contribution in [0.1, 0.15) is 39.0 Å². The Balaban J connectivity index is 1.73. The number of fused-ring (bicyclic) bond motifs is 1. The van der Waals surface area contributed by atoms with E-state index in [2.05, 4.69) is 0 Å². The number of Topliss-reactive ketones (excluding diaryl/α,β-unsaturated/α-hetero) is 1. The summed E-state index contributed by atoms with van der Waals surface area (Å²) in [5.74, 6) is -0.427. The molecule has 0 fully saturated rings. The second kappa shape index (κ2) is 7.10. The number of rotatable bonds is 4. The van der Waals surface area contributed by atoms with Crippen molar-refractivity contribution >= 4 is 23.4 Å². The SMILES string of the molecule is CC1=CC(=O)c2c(c(C)c(COC(=O)Oc3ccc([N+](=O)[O-])cc3)n2C)C1=O. The van der Waals surface area contributed by atoms with Crippen molar-refractivity contribution in [2.75, 3.05) is 0 Å². The van der Waals surface area contributed by atoms with Gasteiger partial charge in [-0.25, -0.2) is 4.79 Å². The first-order chi connectivity index (χ1) is 13.2. The van der Waals surface area contributed by atoms with Gasteiger partial charge in [0.05, 0.1) is 16.2 Å². The molecule has 0 bridgehead atoms. The standard InChI is InChI=1S/C19H16N2O7/c1-10-8-15(22)17-16(18(10)23)11(2)14(20(17)3)9-27-19(24)28-13-6-4-12(5-7-13)21(25)26/h4-8H,9H2,1-3H3. The number of hydrogen-bond acceptors (Lipinski definition) is 7. The molecule has 0 saturated carbocycles. The number of nitro benzene ring substituents is 1. The first kappa shape index (κ1) is 19.0. The number of benzene rings is 1. The minimum absolute atomic E-state index is 0.0867. The summed E-state index contributed by atoms with van der Waals surface area (Å²) < 4.78 is 11.6. The number of non-ortho nitro benzene ring substituents is 1. The average Bonchev–Trinajstić information content (AvgIpc) is 2.89. The molecule has 9 heteroatoms. The van der Waals surface area contributed by atoms with Crippen LogP contribution in [0.2, 0.25) is 0 Å². The van der Waals surface area contributed by atoms with Gasteiger partial charge in [-0.05, 0) is 37.6 Å². The van der Waals surface area contributed by atoms with Gasteiger partial charge in [0.2, 0.25) is 5.78 Å². The highest BCUT2D eigenvalue weighted by molar-refractivity contribution is 6.24. The second-order valence-electron chi connectivity index (χ2n) is 6.27. The first-order valence-corrected chi connectivity index (χ1v) is 8.25. The molecule has 9 nitrogen and oxygen atoms in total. The van der Waals surface area contributed by atoms with E-state index >= 15 is 0 Å². The molecule has 1 aromatic carbocycles. The van der Waals surface area contributed by atoms with Crippen molar-refractivity contribution < 1.29 is 28.8 Å². The molecule has 1 heterocycles. The third-order valence-corrected chi connectivity index (χ3v) is 4.53. The number of nitrogens with zero attached hydrogens (tertiary/aromatic N) is 2. The van der Waals surface area contributed by atoms with Crippen molar-refractivity contribution in [3.63, 3.8) is 0 Å². The summed E-state index contributed by atoms with van der Waals surface area (Å²) in [7, 11) is 1.62. The van der Waals surface area contributed by atoms with Crippen LogP contribution in [0.4, 0.5) is 10.5 Å². The Kier molecular flexibility index (Phi) is 4.83. The molecule has 0 amide bonds. The minimum Gasteiger partial charge on any atom is -0.428 e. The average molecular weight is 384 g/mol. The second-order valence-corrected chi connectivity index (χ2v) is 6.27. The van der Waals surface area contributed by atoms with E-state index < -0.39 is 11.1 Å². The van der Waals surface area contributed by atoms with E-state index in [4.69, 9.17) is 9.47 Å². The van der Waals surface area contributed by atoms with Gasteiger partial charge >= 0.3 is 6.16 Å². The highest BCUT2D eigenvalue weighted by Crippen LogP contribution is 2.29.